The molecule has 0 saturated heterocycles. The Kier molecular flexibility index (Phi) is 4.32. The van der Waals surface area contributed by atoms with E-state index >= 15 is 0 Å². The number of fused-ring (bicyclic) bond motifs is 2. The van der Waals surface area contributed by atoms with Gasteiger partial charge in [0.25, 0.3) is 0 Å². The maximum Gasteiger partial charge on any atom is 0.226 e. The number of ether oxygens (including phenoxy) is 1. The second-order valence-corrected chi connectivity index (χ2v) is 8.04. The van der Waals surface area contributed by atoms with E-state index in [4.69, 9.17) is 14.8 Å². The van der Waals surface area contributed by atoms with Crippen molar-refractivity contribution in [3.8, 4) is 10.9 Å². The number of hydrogen-bond acceptors (Lipinski definition) is 5. The Morgan fingerprint density at radius 3 is 2.76 bits per heavy atom. The van der Waals surface area contributed by atoms with Gasteiger partial charge in [0.15, 0.2) is 0 Å². The molecule has 7 heteroatoms. The van der Waals surface area contributed by atoms with Crippen LogP contribution in [0.2, 0.25) is 0 Å². The lowest BCUT2D eigenvalue weighted by atomic mass is 9.86. The largest absolute Gasteiger partial charge is 0.494 e. The molecule has 5 rings (SSSR count). The van der Waals surface area contributed by atoms with Gasteiger partial charge in [0, 0.05) is 17.9 Å². The molecule has 4 aromatic rings. The van der Waals surface area contributed by atoms with Crippen molar-refractivity contribution in [3.63, 3.8) is 0 Å². The molecular formula is C22H20N4O2S. The minimum atomic E-state index is -0.0439. The van der Waals surface area contributed by atoms with Crippen LogP contribution in [0.25, 0.3) is 15.3 Å². The van der Waals surface area contributed by atoms with Gasteiger partial charge in [-0.2, -0.15) is 9.78 Å². The van der Waals surface area contributed by atoms with E-state index in [1.54, 1.807) is 16.0 Å². The summed E-state index contributed by atoms with van der Waals surface area (Å²) in [5, 5.41) is 8.52. The van der Waals surface area contributed by atoms with E-state index in [-0.39, 0.29) is 11.8 Å². The second-order valence-electron chi connectivity index (χ2n) is 7.03. The number of nitrogens with one attached hydrogen (secondary N) is 1. The van der Waals surface area contributed by atoms with Crippen LogP contribution in [0.4, 0.5) is 5.82 Å². The molecular weight excluding hydrogens is 384 g/mol. The maximum atomic E-state index is 12.5. The van der Waals surface area contributed by atoms with Crippen molar-refractivity contribution in [2.45, 2.75) is 26.2 Å². The van der Waals surface area contributed by atoms with E-state index in [9.17, 15) is 4.79 Å². The molecule has 0 spiro atoms. The van der Waals surface area contributed by atoms with Gasteiger partial charge in [-0.3, -0.25) is 4.79 Å². The zero-order valence-corrected chi connectivity index (χ0v) is 17.0. The molecule has 3 heterocycles. The summed E-state index contributed by atoms with van der Waals surface area (Å²) in [6, 6.07) is 16.0. The molecule has 0 radical (unpaired) electrons. The molecule has 146 valence electrons. The van der Waals surface area contributed by atoms with Gasteiger partial charge in [0.2, 0.25) is 11.0 Å². The van der Waals surface area contributed by atoms with E-state index in [2.05, 4.69) is 5.32 Å². The van der Waals surface area contributed by atoms with Crippen LogP contribution < -0.4 is 10.1 Å². The highest BCUT2D eigenvalue weighted by Gasteiger charge is 2.33. The average molecular weight is 404 g/mol. The number of benzene rings is 2. The topological polar surface area (TPSA) is 69.0 Å². The van der Waals surface area contributed by atoms with Gasteiger partial charge < -0.3 is 10.1 Å². The number of amides is 1. The van der Waals surface area contributed by atoms with Gasteiger partial charge in [-0.1, -0.05) is 35.6 Å². The van der Waals surface area contributed by atoms with Crippen molar-refractivity contribution in [3.05, 3.63) is 65.4 Å². The first kappa shape index (κ1) is 17.9. The number of carbonyl (C=O) groups is 1. The molecule has 2 aromatic heterocycles. The minimum absolute atomic E-state index is 0.0151. The fourth-order valence-electron chi connectivity index (χ4n) is 3.88. The lowest BCUT2D eigenvalue weighted by molar-refractivity contribution is -0.116. The van der Waals surface area contributed by atoms with Gasteiger partial charge >= 0.3 is 0 Å². The van der Waals surface area contributed by atoms with Crippen LogP contribution in [0.15, 0.2) is 48.5 Å². The summed E-state index contributed by atoms with van der Waals surface area (Å²) in [6.07, 6.45) is 0.396. The predicted molar refractivity (Wildman–Crippen MR) is 114 cm³/mol. The second kappa shape index (κ2) is 7.00. The molecule has 6 nitrogen and oxygen atoms in total. The van der Waals surface area contributed by atoms with E-state index in [1.807, 2.05) is 62.4 Å². The van der Waals surface area contributed by atoms with Crippen LogP contribution in [0.5, 0.6) is 5.75 Å². The van der Waals surface area contributed by atoms with Gasteiger partial charge in [-0.25, -0.2) is 4.98 Å². The number of nitrogens with zero attached hydrogens (tertiary/aromatic N) is 3. The number of thiazole rings is 1. The van der Waals surface area contributed by atoms with Crippen LogP contribution in [-0.4, -0.2) is 27.3 Å². The molecule has 0 aliphatic carbocycles. The number of anilines is 1. The van der Waals surface area contributed by atoms with Crippen molar-refractivity contribution in [2.75, 3.05) is 11.9 Å². The number of hydrogen-bond donors (Lipinski definition) is 1. The van der Waals surface area contributed by atoms with Crippen LogP contribution in [0.3, 0.4) is 0 Å². The number of para-hydroxylation sites is 1. The molecule has 1 aliphatic rings. The first-order valence-electron chi connectivity index (χ1n) is 9.62. The standard InChI is InChI=1S/C22H20N4O2S/c1-3-28-15-10-8-14(9-11-15)16-12-19(27)24-21-20(16)13(2)25-26(21)22-23-17-6-4-5-7-18(17)29-22/h4-11,16H,3,12H2,1-2H3,(H,24,27)/t16-/m0/s1. The highest BCUT2D eigenvalue weighted by Crippen LogP contribution is 2.41. The molecule has 1 atom stereocenters. The third-order valence-electron chi connectivity index (χ3n) is 5.16. The highest BCUT2D eigenvalue weighted by atomic mass is 32.1. The van der Waals surface area contributed by atoms with Crippen molar-refractivity contribution < 1.29 is 9.53 Å². The fourth-order valence-corrected chi connectivity index (χ4v) is 4.81. The van der Waals surface area contributed by atoms with Gasteiger partial charge in [-0.15, -0.1) is 0 Å². The Balaban J connectivity index is 1.60. The first-order chi connectivity index (χ1) is 14.1. The van der Waals surface area contributed by atoms with Crippen LogP contribution in [-0.2, 0) is 4.79 Å². The molecule has 0 bridgehead atoms. The van der Waals surface area contributed by atoms with Gasteiger partial charge in [0.1, 0.15) is 11.6 Å². The summed E-state index contributed by atoms with van der Waals surface area (Å²) in [4.78, 5) is 17.3. The van der Waals surface area contributed by atoms with Crippen molar-refractivity contribution in [1.82, 2.24) is 14.8 Å². The molecule has 1 N–H and O–H groups in total. The first-order valence-corrected chi connectivity index (χ1v) is 10.4. The smallest absolute Gasteiger partial charge is 0.226 e. The van der Waals surface area contributed by atoms with E-state index in [1.165, 1.54) is 0 Å². The summed E-state index contributed by atoms with van der Waals surface area (Å²) in [5.74, 6) is 1.49. The zero-order valence-electron chi connectivity index (χ0n) is 16.2. The van der Waals surface area contributed by atoms with Crippen LogP contribution >= 0.6 is 11.3 Å². The van der Waals surface area contributed by atoms with Crippen LogP contribution in [0, 0.1) is 6.92 Å². The lowest BCUT2D eigenvalue weighted by Gasteiger charge is -2.24. The molecule has 0 fully saturated rings. The number of rotatable bonds is 4. The Labute approximate surface area is 172 Å². The zero-order chi connectivity index (χ0) is 20.0. The normalized spacial score (nSPS) is 15.9. The minimum Gasteiger partial charge on any atom is -0.494 e. The summed E-state index contributed by atoms with van der Waals surface area (Å²) in [5.41, 5.74) is 3.96. The van der Waals surface area contributed by atoms with Crippen LogP contribution in [0.1, 0.15) is 36.1 Å². The third-order valence-corrected chi connectivity index (χ3v) is 6.17. The SMILES string of the molecule is CCOc1ccc([C@@H]2CC(=O)Nc3c2c(C)nn3-c2nc3ccccc3s2)cc1. The van der Waals surface area contributed by atoms with E-state index in [0.717, 1.165) is 43.7 Å². The van der Waals surface area contributed by atoms with E-state index in [0.29, 0.717) is 13.0 Å². The summed E-state index contributed by atoms with van der Waals surface area (Å²) >= 11 is 1.56. The monoisotopic (exact) mass is 404 g/mol. The van der Waals surface area contributed by atoms with Crippen molar-refractivity contribution >= 4 is 33.3 Å². The van der Waals surface area contributed by atoms with Crippen molar-refractivity contribution in [2.24, 2.45) is 0 Å². The fraction of sp³-hybridized carbons (Fsp3) is 0.227. The quantitative estimate of drug-likeness (QED) is 0.537. The predicted octanol–water partition coefficient (Wildman–Crippen LogP) is 4.66. The lowest BCUT2D eigenvalue weighted by Crippen LogP contribution is -2.24. The molecule has 0 saturated carbocycles. The Morgan fingerprint density at radius 1 is 1.21 bits per heavy atom. The van der Waals surface area contributed by atoms with Gasteiger partial charge in [-0.05, 0) is 43.7 Å². The molecule has 29 heavy (non-hydrogen) atoms. The Bertz CT molecular complexity index is 1180. The summed E-state index contributed by atoms with van der Waals surface area (Å²) < 4.78 is 8.41. The highest BCUT2D eigenvalue weighted by molar-refractivity contribution is 7.20. The van der Waals surface area contributed by atoms with Gasteiger partial charge in [0.05, 0.1) is 22.5 Å². The molecule has 0 unspecified atom stereocenters. The Morgan fingerprint density at radius 2 is 2.00 bits per heavy atom. The number of aryl methyl sites for hydroxylation is 1. The number of aromatic nitrogens is 3. The summed E-state index contributed by atoms with van der Waals surface area (Å²) in [6.45, 7) is 4.58. The third kappa shape index (κ3) is 3.07. The molecule has 2 aromatic carbocycles. The molecule has 1 amide bonds. The average Bonchev–Trinajstić information content (AvgIpc) is 3.29. The van der Waals surface area contributed by atoms with Crippen molar-refractivity contribution in [1.29, 1.82) is 0 Å². The maximum absolute atomic E-state index is 12.5. The number of carbonyl (C=O) groups excluding carboxylic acids is 1. The molecule has 1 aliphatic heterocycles. The van der Waals surface area contributed by atoms with E-state index < -0.39 is 0 Å². The summed E-state index contributed by atoms with van der Waals surface area (Å²) in [7, 11) is 0. The Hall–Kier alpha value is -3.19.